The van der Waals surface area contributed by atoms with E-state index in [2.05, 4.69) is 30.9 Å². The van der Waals surface area contributed by atoms with Crippen LogP contribution in [0.5, 0.6) is 0 Å². The van der Waals surface area contributed by atoms with E-state index in [0.717, 1.165) is 20.7 Å². The van der Waals surface area contributed by atoms with Crippen LogP contribution in [-0.2, 0) is 4.79 Å². The minimum atomic E-state index is -0.562. The summed E-state index contributed by atoms with van der Waals surface area (Å²) in [4.78, 5) is 11.7. The molecule has 1 aliphatic rings. The summed E-state index contributed by atoms with van der Waals surface area (Å²) < 4.78 is 8.27. The van der Waals surface area contributed by atoms with Crippen LogP contribution in [0.15, 0.2) is 32.1 Å². The monoisotopic (exact) mass is 302 g/mol. The highest BCUT2D eigenvalue weighted by Gasteiger charge is 2.11. The van der Waals surface area contributed by atoms with Gasteiger partial charge in [-0.15, -0.1) is 11.3 Å². The van der Waals surface area contributed by atoms with Crippen LogP contribution in [-0.4, -0.2) is 17.9 Å². The first-order valence-electron chi connectivity index (χ1n) is 4.01. The molecule has 1 N–H and O–H groups in total. The largest absolute Gasteiger partial charge is 0.315 e. The Balaban J connectivity index is 2.40. The van der Waals surface area contributed by atoms with Gasteiger partial charge in [0.2, 0.25) is 0 Å². The fourth-order valence-corrected chi connectivity index (χ4v) is 3.32. The number of halogens is 1. The van der Waals surface area contributed by atoms with Gasteiger partial charge >= 0.3 is 0 Å². The van der Waals surface area contributed by atoms with Gasteiger partial charge in [-0.05, 0) is 40.0 Å². The molecule has 0 fully saturated rings. The van der Waals surface area contributed by atoms with Gasteiger partial charge in [0, 0.05) is 10.9 Å². The van der Waals surface area contributed by atoms with Crippen LogP contribution >= 0.6 is 38.1 Å². The lowest BCUT2D eigenvalue weighted by molar-refractivity contribution is -0.105. The lowest BCUT2D eigenvalue weighted by atomic mass is 10.2. The van der Waals surface area contributed by atoms with Gasteiger partial charge in [0.15, 0.2) is 6.29 Å². The molecule has 6 heteroatoms. The topological polar surface area (TPSA) is 41.5 Å². The van der Waals surface area contributed by atoms with E-state index in [0.29, 0.717) is 5.70 Å². The van der Waals surface area contributed by atoms with E-state index < -0.39 is 10.9 Å². The zero-order valence-electron chi connectivity index (χ0n) is 7.57. The van der Waals surface area contributed by atoms with Gasteiger partial charge in [0.25, 0.3) is 0 Å². The SMILES string of the molecule is C=S1N=C(c2ccc(Br)s2)C=C(C=O)N1. The molecule has 0 radical (unpaired) electrons. The number of allylic oxidation sites excluding steroid dienone is 2. The molecule has 0 saturated carbocycles. The Morgan fingerprint density at radius 1 is 1.60 bits per heavy atom. The predicted molar refractivity (Wildman–Crippen MR) is 70.6 cm³/mol. The van der Waals surface area contributed by atoms with E-state index in [1.165, 1.54) is 0 Å². The third-order valence-electron chi connectivity index (χ3n) is 1.69. The maximum absolute atomic E-state index is 10.7. The minimum absolute atomic E-state index is 0.530. The van der Waals surface area contributed by atoms with Crippen molar-refractivity contribution in [1.82, 2.24) is 4.72 Å². The van der Waals surface area contributed by atoms with Crippen molar-refractivity contribution in [3.8, 4) is 0 Å². The van der Waals surface area contributed by atoms with Crippen LogP contribution in [0.2, 0.25) is 0 Å². The molecule has 15 heavy (non-hydrogen) atoms. The molecule has 1 aromatic rings. The molecule has 1 atom stereocenters. The number of hydrogen-bond donors (Lipinski definition) is 1. The van der Waals surface area contributed by atoms with Crippen molar-refractivity contribution in [2.24, 2.45) is 4.40 Å². The summed E-state index contributed by atoms with van der Waals surface area (Å²) in [6, 6.07) is 3.93. The average molecular weight is 303 g/mol. The first-order valence-corrected chi connectivity index (χ1v) is 6.97. The summed E-state index contributed by atoms with van der Waals surface area (Å²) >= 11 is 4.97. The number of carbonyl (C=O) groups is 1. The van der Waals surface area contributed by atoms with Gasteiger partial charge in [-0.3, -0.25) is 4.79 Å². The van der Waals surface area contributed by atoms with Crippen molar-refractivity contribution in [1.29, 1.82) is 0 Å². The van der Waals surface area contributed by atoms with E-state index >= 15 is 0 Å². The molecule has 2 heterocycles. The van der Waals surface area contributed by atoms with E-state index in [1.54, 1.807) is 17.4 Å². The second kappa shape index (κ2) is 4.42. The third-order valence-corrected chi connectivity index (χ3v) is 4.22. The number of thiophene rings is 1. The Kier molecular flexibility index (Phi) is 3.18. The zero-order valence-corrected chi connectivity index (χ0v) is 10.8. The van der Waals surface area contributed by atoms with Gasteiger partial charge in [0.05, 0.1) is 20.1 Å². The fourth-order valence-electron chi connectivity index (χ4n) is 1.11. The van der Waals surface area contributed by atoms with Gasteiger partial charge in [-0.25, -0.2) is 4.40 Å². The molecule has 0 bridgehead atoms. The molecule has 0 aliphatic carbocycles. The number of rotatable bonds is 2. The van der Waals surface area contributed by atoms with Crippen LogP contribution in [0.4, 0.5) is 0 Å². The molecular formula is C9H7BrN2OS2. The zero-order chi connectivity index (χ0) is 10.8. The normalized spacial score (nSPS) is 20.2. The predicted octanol–water partition coefficient (Wildman–Crippen LogP) is 2.52. The minimum Gasteiger partial charge on any atom is -0.315 e. The number of nitrogens with one attached hydrogen (secondary N) is 1. The Morgan fingerprint density at radius 2 is 2.40 bits per heavy atom. The lowest BCUT2D eigenvalue weighted by Gasteiger charge is -2.12. The average Bonchev–Trinajstić information content (AvgIpc) is 2.64. The highest BCUT2D eigenvalue weighted by Crippen LogP contribution is 2.26. The molecule has 0 saturated heterocycles. The molecule has 2 rings (SSSR count). The molecule has 0 amide bonds. The lowest BCUT2D eigenvalue weighted by Crippen LogP contribution is -2.13. The summed E-state index contributed by atoms with van der Waals surface area (Å²) in [7, 11) is -0.562. The maximum Gasteiger partial charge on any atom is 0.166 e. The first-order chi connectivity index (χ1) is 7.19. The molecule has 1 unspecified atom stereocenters. The van der Waals surface area contributed by atoms with Crippen molar-refractivity contribution in [3.63, 3.8) is 0 Å². The Hall–Kier alpha value is -0.720. The number of aldehydes is 1. The third kappa shape index (κ3) is 2.45. The summed E-state index contributed by atoms with van der Waals surface area (Å²) in [5.74, 6) is 3.80. The Bertz CT molecular complexity index is 490. The van der Waals surface area contributed by atoms with Crippen LogP contribution in [0.1, 0.15) is 4.88 Å². The van der Waals surface area contributed by atoms with Crippen molar-refractivity contribution >= 4 is 56.0 Å². The summed E-state index contributed by atoms with van der Waals surface area (Å²) in [6.45, 7) is 0. The number of carbonyl (C=O) groups excluding carboxylic acids is 1. The Morgan fingerprint density at radius 3 is 3.00 bits per heavy atom. The first kappa shape index (κ1) is 10.8. The molecule has 3 nitrogen and oxygen atoms in total. The van der Waals surface area contributed by atoms with Crippen LogP contribution in [0, 0.1) is 0 Å². The van der Waals surface area contributed by atoms with Crippen LogP contribution < -0.4 is 4.72 Å². The quantitative estimate of drug-likeness (QED) is 0.674. The maximum atomic E-state index is 10.7. The molecule has 1 aliphatic heterocycles. The highest BCUT2D eigenvalue weighted by atomic mass is 79.9. The molecule has 0 aromatic carbocycles. The highest BCUT2D eigenvalue weighted by molar-refractivity contribution is 9.11. The van der Waals surface area contributed by atoms with Crippen LogP contribution in [0.25, 0.3) is 0 Å². The molecule has 0 spiro atoms. The van der Waals surface area contributed by atoms with Crippen molar-refractivity contribution < 1.29 is 4.79 Å². The molecule has 78 valence electrons. The van der Waals surface area contributed by atoms with Gasteiger partial charge in [-0.2, -0.15) is 0 Å². The summed E-state index contributed by atoms with van der Waals surface area (Å²) in [5.41, 5.74) is 1.34. The number of hydrogen-bond acceptors (Lipinski definition) is 4. The van der Waals surface area contributed by atoms with E-state index in [9.17, 15) is 4.79 Å². The van der Waals surface area contributed by atoms with Crippen molar-refractivity contribution in [2.45, 2.75) is 0 Å². The second-order valence-corrected chi connectivity index (χ2v) is 6.34. The van der Waals surface area contributed by atoms with Gasteiger partial charge in [0.1, 0.15) is 0 Å². The Labute approximate surface area is 102 Å². The molecule has 1 aromatic heterocycles. The second-order valence-electron chi connectivity index (χ2n) is 2.76. The number of nitrogens with zero attached hydrogens (tertiary/aromatic N) is 1. The van der Waals surface area contributed by atoms with Crippen molar-refractivity contribution in [2.75, 3.05) is 0 Å². The van der Waals surface area contributed by atoms with Gasteiger partial charge < -0.3 is 4.72 Å². The van der Waals surface area contributed by atoms with E-state index in [-0.39, 0.29) is 0 Å². The molecular weight excluding hydrogens is 296 g/mol. The van der Waals surface area contributed by atoms with Crippen molar-refractivity contribution in [3.05, 3.63) is 32.6 Å². The van der Waals surface area contributed by atoms with Crippen LogP contribution in [0.3, 0.4) is 0 Å². The smallest absolute Gasteiger partial charge is 0.166 e. The van der Waals surface area contributed by atoms with Gasteiger partial charge in [-0.1, -0.05) is 0 Å². The van der Waals surface area contributed by atoms with E-state index in [1.807, 2.05) is 12.1 Å². The fraction of sp³-hybridized carbons (Fsp3) is 0. The van der Waals surface area contributed by atoms with E-state index in [4.69, 9.17) is 0 Å². The summed E-state index contributed by atoms with van der Waals surface area (Å²) in [6.07, 6.45) is 2.52. The summed E-state index contributed by atoms with van der Waals surface area (Å²) in [5, 5.41) is 0. The standard InChI is InChI=1S/C9H7BrN2OS2/c1-15-11-6(5-13)4-7(12-15)8-2-3-9(10)14-8/h2-5,11H,1H2.